The van der Waals surface area contributed by atoms with Gasteiger partial charge >= 0.3 is 5.97 Å². The number of likely N-dealkylation sites (N-methyl/N-ethyl adjacent to an activating group) is 3. The molecular weight excluding hydrogens is 1760 g/mol. The van der Waals surface area contributed by atoms with Crippen LogP contribution in [0.2, 0.25) is 0 Å². The van der Waals surface area contributed by atoms with Gasteiger partial charge in [-0.05, 0) is 110 Å². The molecule has 0 bridgehead atoms. The van der Waals surface area contributed by atoms with Gasteiger partial charge in [-0.2, -0.15) is 0 Å². The number of hydrogen-bond acceptors (Lipinski definition) is 23. The Bertz CT molecular complexity index is 5190. The van der Waals surface area contributed by atoms with Gasteiger partial charge in [0.1, 0.15) is 90.3 Å². The van der Waals surface area contributed by atoms with E-state index in [1.807, 2.05) is 37.4 Å². The van der Waals surface area contributed by atoms with Crippen LogP contribution in [0.3, 0.4) is 0 Å². The molecule has 3 fully saturated rings. The third kappa shape index (κ3) is 28.7. The van der Waals surface area contributed by atoms with Crippen LogP contribution in [-0.2, 0) is 112 Å². The van der Waals surface area contributed by atoms with E-state index in [1.54, 1.807) is 50.4 Å². The molecule has 17 amide bonds. The van der Waals surface area contributed by atoms with Gasteiger partial charge in [0, 0.05) is 107 Å². The second kappa shape index (κ2) is 48.9. The van der Waals surface area contributed by atoms with Crippen LogP contribution in [0.5, 0.6) is 5.75 Å². The first-order valence-electron chi connectivity index (χ1n) is 44.5. The number of unbranched alkanes of at least 4 members (excludes halogenated alkanes) is 2. The molecule has 0 spiro atoms. The summed E-state index contributed by atoms with van der Waals surface area (Å²) in [6, 6.07) is -1.70. The molecule has 3 aromatic carbocycles. The van der Waals surface area contributed by atoms with E-state index in [2.05, 4.69) is 68.1 Å². The molecule has 6 heterocycles. The predicted octanol–water partition coefficient (Wildman–Crippen LogP) is -0.566. The highest BCUT2D eigenvalue weighted by atomic mass is 32.2. The van der Waals surface area contributed by atoms with Crippen LogP contribution in [0.15, 0.2) is 96.9 Å². The van der Waals surface area contributed by atoms with Gasteiger partial charge < -0.3 is 114 Å². The number of thiophene rings is 1. The van der Waals surface area contributed by atoms with Gasteiger partial charge in [0.15, 0.2) is 0 Å². The average Bonchev–Trinajstić information content (AvgIpc) is 1.73. The van der Waals surface area contributed by atoms with Crippen LogP contribution in [0.1, 0.15) is 147 Å². The Morgan fingerprint density at radius 1 is 0.571 bits per heavy atom. The number of thioether (sulfide) groups is 1. The number of para-hydroxylation sites is 1. The number of aromatic nitrogens is 3. The number of nitrogens with one attached hydrogen (secondary N) is 12. The molecule has 6 aromatic rings. The van der Waals surface area contributed by atoms with E-state index in [1.165, 1.54) is 92.9 Å². The summed E-state index contributed by atoms with van der Waals surface area (Å²) >= 11 is 2.17. The quantitative estimate of drug-likeness (QED) is 0.0361. The maximum Gasteiger partial charge on any atom is 0.303 e. The summed E-state index contributed by atoms with van der Waals surface area (Å²) in [5.41, 5.74) is 13.5. The Morgan fingerprint density at radius 3 is 1.82 bits per heavy atom. The maximum atomic E-state index is 15.7. The van der Waals surface area contributed by atoms with Crippen molar-refractivity contribution in [2.24, 2.45) is 17.4 Å². The lowest BCUT2D eigenvalue weighted by atomic mass is 9.99. The number of benzene rings is 3. The lowest BCUT2D eigenvalue weighted by Crippen LogP contribution is -2.61. The number of phenolic OH excluding ortho intramolecular Hbond substituents is 1. The fourth-order valence-corrected chi connectivity index (χ4v) is 18.2. The van der Waals surface area contributed by atoms with Crippen molar-refractivity contribution >= 4 is 150 Å². The van der Waals surface area contributed by atoms with E-state index in [-0.39, 0.29) is 75.3 Å². The Labute approximate surface area is 776 Å². The monoisotopic (exact) mass is 1880 g/mol. The van der Waals surface area contributed by atoms with E-state index in [0.717, 1.165) is 36.5 Å². The van der Waals surface area contributed by atoms with Gasteiger partial charge in [-0.15, -0.1) is 23.1 Å². The number of carbonyl (C=O) groups excluding carboxylic acids is 17. The Balaban J connectivity index is 1.09. The van der Waals surface area contributed by atoms with E-state index in [0.29, 0.717) is 53.3 Å². The predicted molar refractivity (Wildman–Crippen MR) is 490 cm³/mol. The summed E-state index contributed by atoms with van der Waals surface area (Å²) in [4.78, 5) is 277. The van der Waals surface area contributed by atoms with Gasteiger partial charge in [0.25, 0.3) is 0 Å². The van der Waals surface area contributed by atoms with Crippen LogP contribution in [-0.4, -0.2) is 304 Å². The SMILES string of the molecule is CCCC[C@H]1C(=O)N(C)[C@@H](CCCC)C(=O)N[C@@H](CC(C)C)C(=O)N[C@H](C(=O)NCC(N)=O)CSCC(=O)N[C@@H](Cc2ccc(O)cc2)C(=O)N(C)[C@@H](C)C(=O)N[C@@H](CC(N)=O)C(=O)N2CCC[C@H]2C(=O)N[C@@H](Cc2c[nH]cn2)C(=O)N[C@@H](CCC(=O)O)C(=O)N2C[C@H](O)C[C@H]2C(=O)N[C@@H](Cc2c[nH]c3ccccc23)C(=O)N[C@H](C)C(=O)N[C@@H](Cc2csc3ccccc23)C(=O)N1C. The number of rotatable bonds is 24. The third-order valence-corrected chi connectivity index (χ3v) is 25.8. The van der Waals surface area contributed by atoms with Gasteiger partial charge in [-0.1, -0.05) is 102 Å². The highest BCUT2D eigenvalue weighted by Gasteiger charge is 2.47. The third-order valence-electron chi connectivity index (χ3n) is 23.8. The molecule has 3 aliphatic rings. The number of nitrogens with zero attached hydrogens (tertiary/aromatic N) is 6. The van der Waals surface area contributed by atoms with Crippen molar-refractivity contribution in [1.29, 1.82) is 0 Å². The number of imidazole rings is 1. The molecule has 0 radical (unpaired) electrons. The van der Waals surface area contributed by atoms with E-state index >= 15 is 33.6 Å². The summed E-state index contributed by atoms with van der Waals surface area (Å²) in [5.74, 6) is -18.8. The Hall–Kier alpha value is -13.1. The molecule has 3 saturated heterocycles. The first kappa shape index (κ1) is 104. The zero-order valence-corrected chi connectivity index (χ0v) is 77.5. The van der Waals surface area contributed by atoms with Crippen LogP contribution < -0.4 is 64.6 Å². The molecular formula is C90H122N20O21S2. The number of nitrogens with two attached hydrogens (primary N) is 2. The largest absolute Gasteiger partial charge is 0.508 e. The minimum absolute atomic E-state index is 0.0408. The number of fused-ring (bicyclic) bond motifs is 4. The number of phenols is 1. The number of carboxylic acid groups (broad SMARTS) is 1. The summed E-state index contributed by atoms with van der Waals surface area (Å²) in [6.07, 6.45) is 0.919. The first-order valence-corrected chi connectivity index (χ1v) is 46.5. The standard InChI is InChI=1S/C90H122N20O21S2/c1-10-12-22-68-83(124)100-61(33-48(3)4)81(122)105-67(79(120)95-42-74(92)114)45-132-46-75(115)98-64(34-51-26-28-55(111)29-27-51)86(127)106(7)50(6)78(119)104-66(39-73(91)113)89(130)109-32-18-24-69(109)84(125)102-63(37-54-41-93-47-96-54)82(123)99-60(30-31-76(116)117)88(129)110-43-56(112)38-71(110)85(126)101-62(35-52-40-94-59-21-16-14-19-57(52)59)80(121)97-49(5)77(118)103-65(36-53-44-133-72-25-17-15-20-58(53)72)87(128)108(9)70(23-13-11-2)90(131)107(68)8/h14-17,19-21,25-29,40-41,44,47-50,56,60-71,94,111-112H,10-13,18,22-24,30-39,42-43,45-46H2,1-9H3,(H2,91,113)(H2,92,114)(H,93,96)(H,95,120)(H,97,121)(H,98,115)(H,99,123)(H,100,124)(H,101,126)(H,102,125)(H,103,118)(H,104,119)(H,105,122)(H,116,117)/t49-,50+,56-,60+,61+,62+,63+,64+,65+,66+,67+,68+,69+,70+,71+/m1/s1. The zero-order chi connectivity index (χ0) is 97.2. The van der Waals surface area contributed by atoms with Crippen molar-refractivity contribution in [2.75, 3.05) is 52.3 Å². The number of H-pyrrole nitrogens is 2. The lowest BCUT2D eigenvalue weighted by Gasteiger charge is -2.36. The van der Waals surface area contributed by atoms with E-state index < -0.39 is 254 Å². The molecule has 15 atom stereocenters. The lowest BCUT2D eigenvalue weighted by molar-refractivity contribution is -0.149. The zero-order valence-electron chi connectivity index (χ0n) is 75.9. The summed E-state index contributed by atoms with van der Waals surface area (Å²) in [5, 5.41) is 61.4. The van der Waals surface area contributed by atoms with Crippen molar-refractivity contribution in [3.8, 4) is 5.75 Å². The average molecular weight is 1880 g/mol. The molecule has 41 nitrogen and oxygen atoms in total. The number of aromatic hydroxyl groups is 1. The van der Waals surface area contributed by atoms with Crippen molar-refractivity contribution in [3.63, 3.8) is 0 Å². The minimum atomic E-state index is -1.82. The molecule has 3 aromatic heterocycles. The van der Waals surface area contributed by atoms with Crippen molar-refractivity contribution in [2.45, 2.75) is 241 Å². The number of aliphatic hydroxyl groups excluding tert-OH is 1. The Morgan fingerprint density at radius 2 is 1.16 bits per heavy atom. The van der Waals surface area contributed by atoms with Gasteiger partial charge in [-0.3, -0.25) is 86.3 Å². The van der Waals surface area contributed by atoms with Gasteiger partial charge in [0.05, 0.1) is 36.8 Å². The smallest absolute Gasteiger partial charge is 0.303 e. The Kier molecular flexibility index (Phi) is 38.1. The number of carboxylic acids is 1. The normalized spacial score (nSPS) is 25.0. The number of aliphatic carboxylic acids is 1. The molecule has 133 heavy (non-hydrogen) atoms. The topological polar surface area (TPSA) is 601 Å². The molecule has 720 valence electrons. The number of primary amides is 2. The fraction of sp³-hybridized carbons (Fsp3) is 0.522. The molecule has 43 heteroatoms. The van der Waals surface area contributed by atoms with Crippen LogP contribution in [0, 0.1) is 5.92 Å². The molecule has 0 unspecified atom stereocenters. The number of aromatic amines is 2. The highest BCUT2D eigenvalue weighted by Crippen LogP contribution is 2.30. The first-order chi connectivity index (χ1) is 63.2. The van der Waals surface area contributed by atoms with Crippen molar-refractivity contribution in [3.05, 3.63) is 119 Å². The number of hydrogen-bond donors (Lipinski definition) is 17. The molecule has 0 aliphatic carbocycles. The highest BCUT2D eigenvalue weighted by molar-refractivity contribution is 8.00. The number of amides is 17. The number of aliphatic hydroxyl groups is 1. The minimum Gasteiger partial charge on any atom is -0.508 e. The summed E-state index contributed by atoms with van der Waals surface area (Å²) in [6.45, 7) is 8.44. The van der Waals surface area contributed by atoms with E-state index in [9.17, 15) is 68.1 Å². The fourth-order valence-electron chi connectivity index (χ4n) is 16.3. The summed E-state index contributed by atoms with van der Waals surface area (Å²) < 4.78 is 0.842. The van der Waals surface area contributed by atoms with Crippen LogP contribution in [0.25, 0.3) is 21.0 Å². The maximum absolute atomic E-state index is 15.7. The number of carbonyl (C=O) groups is 18. The molecule has 19 N–H and O–H groups in total. The van der Waals surface area contributed by atoms with Crippen LogP contribution >= 0.6 is 23.1 Å². The van der Waals surface area contributed by atoms with Crippen molar-refractivity contribution in [1.82, 2.24) is 92.6 Å². The van der Waals surface area contributed by atoms with Crippen LogP contribution in [0.4, 0.5) is 0 Å². The second-order valence-electron chi connectivity index (χ2n) is 34.3. The molecule has 3 aliphatic heterocycles. The molecule has 0 saturated carbocycles. The van der Waals surface area contributed by atoms with Gasteiger partial charge in [-0.25, -0.2) is 4.98 Å². The van der Waals surface area contributed by atoms with Gasteiger partial charge in [0.2, 0.25) is 100 Å². The molecule has 9 rings (SSSR count). The second-order valence-corrected chi connectivity index (χ2v) is 36.2. The van der Waals surface area contributed by atoms with E-state index in [4.69, 9.17) is 11.5 Å². The summed E-state index contributed by atoms with van der Waals surface area (Å²) in [7, 11) is 3.99. The van der Waals surface area contributed by atoms with Crippen molar-refractivity contribution < 1.29 is 102 Å².